The van der Waals surface area contributed by atoms with Crippen LogP contribution in [0.25, 0.3) is 0 Å². The molecule has 0 aromatic heterocycles. The zero-order chi connectivity index (χ0) is 17.5. The average Bonchev–Trinajstić information content (AvgIpc) is 2.68. The zero-order valence-corrected chi connectivity index (χ0v) is 17.2. The highest BCUT2D eigenvalue weighted by atomic mass is 16.5. The van der Waals surface area contributed by atoms with Crippen molar-refractivity contribution in [1.29, 1.82) is 0 Å². The molecule has 2 unspecified atom stereocenters. The molecular formula is C24H44O. The quantitative estimate of drug-likeness (QED) is 0.466. The van der Waals surface area contributed by atoms with E-state index < -0.39 is 0 Å². The first-order chi connectivity index (χ1) is 12.3. The van der Waals surface area contributed by atoms with Crippen LogP contribution in [0.5, 0.6) is 0 Å². The molecule has 2 aliphatic carbocycles. The van der Waals surface area contributed by atoms with Crippen molar-refractivity contribution in [3.8, 4) is 0 Å². The molecule has 1 heterocycles. The van der Waals surface area contributed by atoms with E-state index >= 15 is 0 Å². The molecule has 1 aliphatic heterocycles. The molecule has 1 heteroatoms. The van der Waals surface area contributed by atoms with Crippen LogP contribution in [0.3, 0.4) is 0 Å². The van der Waals surface area contributed by atoms with Crippen LogP contribution < -0.4 is 0 Å². The SMILES string of the molecule is CCCC1CCC(C2CCC(CCC3CCC(CC)CO3)CC2)CC1. The Bertz CT molecular complexity index is 341. The van der Waals surface area contributed by atoms with Crippen LogP contribution in [0.2, 0.25) is 0 Å². The normalized spacial score (nSPS) is 40.1. The minimum atomic E-state index is 0.592. The summed E-state index contributed by atoms with van der Waals surface area (Å²) in [6.07, 6.45) is 22.6. The molecule has 0 amide bonds. The summed E-state index contributed by atoms with van der Waals surface area (Å²) in [5, 5.41) is 0. The molecule has 0 N–H and O–H groups in total. The van der Waals surface area contributed by atoms with Gasteiger partial charge in [0, 0.05) is 6.61 Å². The lowest BCUT2D eigenvalue weighted by molar-refractivity contribution is -0.0244. The van der Waals surface area contributed by atoms with Gasteiger partial charge in [0.1, 0.15) is 0 Å². The standard InChI is InChI=1S/C24H44O/c1-3-5-20-6-12-22(13-7-20)23-14-8-21(9-15-23)11-17-24-16-10-19(4-2)18-25-24/h19-24H,3-18H2,1-2H3. The van der Waals surface area contributed by atoms with Crippen LogP contribution in [0, 0.1) is 29.6 Å². The third-order valence-electron chi connectivity index (χ3n) is 8.09. The molecule has 0 radical (unpaired) electrons. The summed E-state index contributed by atoms with van der Waals surface area (Å²) in [7, 11) is 0. The van der Waals surface area contributed by atoms with Crippen molar-refractivity contribution in [2.24, 2.45) is 29.6 Å². The van der Waals surface area contributed by atoms with Crippen LogP contribution >= 0.6 is 0 Å². The number of ether oxygens (including phenoxy) is 1. The van der Waals surface area contributed by atoms with Crippen molar-refractivity contribution < 1.29 is 4.74 Å². The van der Waals surface area contributed by atoms with Gasteiger partial charge in [0.25, 0.3) is 0 Å². The summed E-state index contributed by atoms with van der Waals surface area (Å²) in [6.45, 7) is 5.70. The predicted molar refractivity (Wildman–Crippen MR) is 108 cm³/mol. The third kappa shape index (κ3) is 5.98. The van der Waals surface area contributed by atoms with E-state index in [9.17, 15) is 0 Å². The first-order valence-corrected chi connectivity index (χ1v) is 11.9. The van der Waals surface area contributed by atoms with E-state index in [0.717, 1.165) is 36.2 Å². The fourth-order valence-corrected chi connectivity index (χ4v) is 6.14. The highest BCUT2D eigenvalue weighted by molar-refractivity contribution is 4.82. The molecule has 3 aliphatic rings. The third-order valence-corrected chi connectivity index (χ3v) is 8.09. The minimum absolute atomic E-state index is 0.592. The van der Waals surface area contributed by atoms with Crippen molar-refractivity contribution in [3.63, 3.8) is 0 Å². The molecule has 0 aromatic rings. The van der Waals surface area contributed by atoms with Crippen LogP contribution in [-0.4, -0.2) is 12.7 Å². The van der Waals surface area contributed by atoms with Gasteiger partial charge in [-0.1, -0.05) is 58.8 Å². The van der Waals surface area contributed by atoms with E-state index in [1.807, 2.05) is 0 Å². The van der Waals surface area contributed by atoms with Gasteiger partial charge < -0.3 is 4.74 Å². The van der Waals surface area contributed by atoms with Gasteiger partial charge in [-0.05, 0) is 81.0 Å². The molecule has 3 fully saturated rings. The molecule has 0 bridgehead atoms. The molecule has 1 nitrogen and oxygen atoms in total. The summed E-state index contributed by atoms with van der Waals surface area (Å²) < 4.78 is 6.12. The lowest BCUT2D eigenvalue weighted by atomic mass is 9.68. The van der Waals surface area contributed by atoms with Gasteiger partial charge in [0.2, 0.25) is 0 Å². The van der Waals surface area contributed by atoms with Gasteiger partial charge in [-0.25, -0.2) is 0 Å². The van der Waals surface area contributed by atoms with Crippen molar-refractivity contribution in [2.45, 2.75) is 116 Å². The van der Waals surface area contributed by atoms with Gasteiger partial charge in [0.05, 0.1) is 6.10 Å². The molecule has 25 heavy (non-hydrogen) atoms. The zero-order valence-electron chi connectivity index (χ0n) is 17.2. The van der Waals surface area contributed by atoms with E-state index in [-0.39, 0.29) is 0 Å². The Balaban J connectivity index is 1.29. The minimum Gasteiger partial charge on any atom is -0.378 e. The number of hydrogen-bond donors (Lipinski definition) is 0. The predicted octanol–water partition coefficient (Wildman–Crippen LogP) is 7.38. The largest absolute Gasteiger partial charge is 0.378 e. The monoisotopic (exact) mass is 348 g/mol. The second-order valence-corrected chi connectivity index (χ2v) is 9.73. The van der Waals surface area contributed by atoms with E-state index in [1.165, 1.54) is 83.5 Å². The fourth-order valence-electron chi connectivity index (χ4n) is 6.14. The second kappa shape index (κ2) is 10.3. The Morgan fingerprint density at radius 1 is 0.600 bits per heavy atom. The van der Waals surface area contributed by atoms with Crippen molar-refractivity contribution >= 4 is 0 Å². The maximum absolute atomic E-state index is 6.12. The van der Waals surface area contributed by atoms with Crippen molar-refractivity contribution in [1.82, 2.24) is 0 Å². The van der Waals surface area contributed by atoms with Gasteiger partial charge in [-0.2, -0.15) is 0 Å². The lowest BCUT2D eigenvalue weighted by Crippen LogP contribution is -2.28. The first kappa shape index (κ1) is 19.7. The lowest BCUT2D eigenvalue weighted by Gasteiger charge is -2.38. The molecule has 2 atom stereocenters. The van der Waals surface area contributed by atoms with Gasteiger partial charge in [0.15, 0.2) is 0 Å². The van der Waals surface area contributed by atoms with E-state index in [1.54, 1.807) is 12.8 Å². The van der Waals surface area contributed by atoms with Crippen LogP contribution in [-0.2, 0) is 4.74 Å². The smallest absolute Gasteiger partial charge is 0.0575 e. The Kier molecular flexibility index (Phi) is 8.15. The van der Waals surface area contributed by atoms with Gasteiger partial charge in [-0.15, -0.1) is 0 Å². The highest BCUT2D eigenvalue weighted by Crippen LogP contribution is 2.43. The summed E-state index contributed by atoms with van der Waals surface area (Å²) in [5.41, 5.74) is 0. The Hall–Kier alpha value is -0.0400. The summed E-state index contributed by atoms with van der Waals surface area (Å²) in [4.78, 5) is 0. The van der Waals surface area contributed by atoms with Gasteiger partial charge >= 0.3 is 0 Å². The van der Waals surface area contributed by atoms with Crippen LogP contribution in [0.1, 0.15) is 110 Å². The molecule has 146 valence electrons. The molecule has 3 rings (SSSR count). The Morgan fingerprint density at radius 2 is 1.16 bits per heavy atom. The number of rotatable bonds is 7. The maximum atomic E-state index is 6.12. The number of hydrogen-bond acceptors (Lipinski definition) is 1. The first-order valence-electron chi connectivity index (χ1n) is 11.9. The van der Waals surface area contributed by atoms with Crippen LogP contribution in [0.4, 0.5) is 0 Å². The Morgan fingerprint density at radius 3 is 1.64 bits per heavy atom. The topological polar surface area (TPSA) is 9.23 Å². The fraction of sp³-hybridized carbons (Fsp3) is 1.00. The average molecular weight is 349 g/mol. The molecule has 2 saturated carbocycles. The molecule has 0 aromatic carbocycles. The molecule has 1 saturated heterocycles. The van der Waals surface area contributed by atoms with E-state index in [2.05, 4.69) is 13.8 Å². The van der Waals surface area contributed by atoms with Crippen molar-refractivity contribution in [3.05, 3.63) is 0 Å². The summed E-state index contributed by atoms with van der Waals surface area (Å²) >= 11 is 0. The highest BCUT2D eigenvalue weighted by Gasteiger charge is 2.31. The Labute approximate surface area is 157 Å². The summed E-state index contributed by atoms with van der Waals surface area (Å²) in [6, 6.07) is 0. The maximum Gasteiger partial charge on any atom is 0.0575 e. The van der Waals surface area contributed by atoms with Gasteiger partial charge in [-0.3, -0.25) is 0 Å². The second-order valence-electron chi connectivity index (χ2n) is 9.73. The summed E-state index contributed by atoms with van der Waals surface area (Å²) in [5.74, 6) is 5.09. The van der Waals surface area contributed by atoms with E-state index in [4.69, 9.17) is 4.74 Å². The molecular weight excluding hydrogens is 304 g/mol. The van der Waals surface area contributed by atoms with Crippen LogP contribution in [0.15, 0.2) is 0 Å². The van der Waals surface area contributed by atoms with E-state index in [0.29, 0.717) is 6.10 Å². The van der Waals surface area contributed by atoms with Crippen molar-refractivity contribution in [2.75, 3.05) is 6.61 Å². The molecule has 0 spiro atoms.